The van der Waals surface area contributed by atoms with Crippen molar-refractivity contribution in [2.75, 3.05) is 4.90 Å². The van der Waals surface area contributed by atoms with Crippen molar-refractivity contribution in [1.29, 1.82) is 0 Å². The fourth-order valence-corrected chi connectivity index (χ4v) is 3.16. The fraction of sp³-hybridized carbons (Fsp3) is 0.300. The number of benzene rings is 2. The molecule has 1 heterocycles. The first-order chi connectivity index (χ1) is 12.0. The number of hydrogen-bond acceptors (Lipinski definition) is 3. The Hall–Kier alpha value is -2.69. The number of halogens is 1. The maximum Gasteiger partial charge on any atom is 0.311 e. The van der Waals surface area contributed by atoms with Gasteiger partial charge in [0.05, 0.1) is 6.42 Å². The van der Waals surface area contributed by atoms with Gasteiger partial charge in [0.2, 0.25) is 0 Å². The monoisotopic (exact) mass is 341 g/mol. The van der Waals surface area contributed by atoms with E-state index in [0.29, 0.717) is 5.56 Å². The Labute approximate surface area is 146 Å². The summed E-state index contributed by atoms with van der Waals surface area (Å²) in [5.74, 6) is -1.10. The molecule has 0 unspecified atom stereocenters. The predicted octanol–water partition coefficient (Wildman–Crippen LogP) is 3.28. The Morgan fingerprint density at radius 2 is 1.88 bits per heavy atom. The van der Waals surface area contributed by atoms with Gasteiger partial charge in [-0.3, -0.25) is 9.59 Å². The van der Waals surface area contributed by atoms with Gasteiger partial charge < -0.3 is 9.64 Å². The van der Waals surface area contributed by atoms with Crippen LogP contribution in [0.3, 0.4) is 0 Å². The van der Waals surface area contributed by atoms with Gasteiger partial charge in [0.15, 0.2) is 6.10 Å². The molecule has 0 spiro atoms. The second kappa shape index (κ2) is 7.05. The molecule has 0 saturated heterocycles. The van der Waals surface area contributed by atoms with Gasteiger partial charge in [-0.25, -0.2) is 4.39 Å². The lowest BCUT2D eigenvalue weighted by atomic mass is 10.1. The molecule has 0 aromatic heterocycles. The summed E-state index contributed by atoms with van der Waals surface area (Å²) in [5.41, 5.74) is 2.64. The van der Waals surface area contributed by atoms with Crippen LogP contribution >= 0.6 is 0 Å². The van der Waals surface area contributed by atoms with E-state index in [1.54, 1.807) is 11.8 Å². The van der Waals surface area contributed by atoms with E-state index >= 15 is 0 Å². The molecule has 25 heavy (non-hydrogen) atoms. The molecule has 2 aromatic carbocycles. The Morgan fingerprint density at radius 3 is 2.60 bits per heavy atom. The quantitative estimate of drug-likeness (QED) is 0.802. The molecule has 0 radical (unpaired) electrons. The number of esters is 1. The molecule has 4 nitrogen and oxygen atoms in total. The van der Waals surface area contributed by atoms with Crippen molar-refractivity contribution < 1.29 is 18.7 Å². The lowest BCUT2D eigenvalue weighted by Gasteiger charge is -2.26. The molecule has 0 bridgehead atoms. The van der Waals surface area contributed by atoms with Crippen molar-refractivity contribution in [3.05, 3.63) is 65.5 Å². The van der Waals surface area contributed by atoms with Crippen LogP contribution in [0, 0.1) is 5.82 Å². The zero-order valence-electron chi connectivity index (χ0n) is 14.2. The molecule has 0 N–H and O–H groups in total. The van der Waals surface area contributed by atoms with Crippen molar-refractivity contribution in [2.24, 2.45) is 0 Å². The SMILES string of the molecule is C[C@H](OC(=O)Cc1ccc(F)cc1)C(=O)N1c2ccccc2C[C@@H]1C. The van der Waals surface area contributed by atoms with E-state index in [0.717, 1.165) is 17.7 Å². The van der Waals surface area contributed by atoms with Gasteiger partial charge >= 0.3 is 5.97 Å². The highest BCUT2D eigenvalue weighted by atomic mass is 19.1. The molecule has 2 aromatic rings. The number of rotatable bonds is 4. The number of ether oxygens (including phenoxy) is 1. The van der Waals surface area contributed by atoms with Gasteiger partial charge in [-0.15, -0.1) is 0 Å². The van der Waals surface area contributed by atoms with Crippen LogP contribution in [0.2, 0.25) is 0 Å². The number of anilines is 1. The van der Waals surface area contributed by atoms with E-state index in [9.17, 15) is 14.0 Å². The summed E-state index contributed by atoms with van der Waals surface area (Å²) >= 11 is 0. The van der Waals surface area contributed by atoms with Gasteiger partial charge in [0.25, 0.3) is 5.91 Å². The largest absolute Gasteiger partial charge is 0.452 e. The summed E-state index contributed by atoms with van der Waals surface area (Å²) in [7, 11) is 0. The third kappa shape index (κ3) is 3.71. The Balaban J connectivity index is 1.64. The molecule has 3 rings (SSSR count). The van der Waals surface area contributed by atoms with Crippen LogP contribution in [0.5, 0.6) is 0 Å². The molecule has 130 valence electrons. The molecular weight excluding hydrogens is 321 g/mol. The molecule has 0 fully saturated rings. The molecule has 5 heteroatoms. The van der Waals surface area contributed by atoms with Gasteiger partial charge in [-0.05, 0) is 49.6 Å². The van der Waals surface area contributed by atoms with E-state index in [-0.39, 0.29) is 24.2 Å². The first kappa shape index (κ1) is 17.1. The van der Waals surface area contributed by atoms with E-state index in [2.05, 4.69) is 0 Å². The number of carbonyl (C=O) groups excluding carboxylic acids is 2. The number of amides is 1. The van der Waals surface area contributed by atoms with E-state index in [1.807, 2.05) is 31.2 Å². The normalized spacial score (nSPS) is 17.1. The number of para-hydroxylation sites is 1. The minimum Gasteiger partial charge on any atom is -0.452 e. The van der Waals surface area contributed by atoms with Crippen molar-refractivity contribution in [2.45, 2.75) is 38.8 Å². The van der Waals surface area contributed by atoms with Crippen LogP contribution in [0.1, 0.15) is 25.0 Å². The highest BCUT2D eigenvalue weighted by Gasteiger charge is 2.34. The zero-order chi connectivity index (χ0) is 18.0. The number of carbonyl (C=O) groups is 2. The molecule has 2 atom stereocenters. The smallest absolute Gasteiger partial charge is 0.311 e. The van der Waals surface area contributed by atoms with Crippen LogP contribution < -0.4 is 4.90 Å². The van der Waals surface area contributed by atoms with E-state index in [1.165, 1.54) is 24.3 Å². The predicted molar refractivity (Wildman–Crippen MR) is 92.8 cm³/mol. The van der Waals surface area contributed by atoms with E-state index < -0.39 is 12.1 Å². The second-order valence-corrected chi connectivity index (χ2v) is 6.33. The number of nitrogens with zero attached hydrogens (tertiary/aromatic N) is 1. The van der Waals surface area contributed by atoms with Gasteiger partial charge in [-0.1, -0.05) is 30.3 Å². The van der Waals surface area contributed by atoms with Crippen molar-refractivity contribution in [1.82, 2.24) is 0 Å². The Kier molecular flexibility index (Phi) is 4.83. The maximum absolute atomic E-state index is 12.9. The number of hydrogen-bond donors (Lipinski definition) is 0. The zero-order valence-corrected chi connectivity index (χ0v) is 14.2. The number of fused-ring (bicyclic) bond motifs is 1. The third-order valence-corrected chi connectivity index (χ3v) is 4.36. The second-order valence-electron chi connectivity index (χ2n) is 6.33. The summed E-state index contributed by atoms with van der Waals surface area (Å²) in [6.07, 6.45) is -0.0797. The van der Waals surface area contributed by atoms with Crippen LogP contribution in [0.25, 0.3) is 0 Å². The molecule has 1 aliphatic heterocycles. The summed E-state index contributed by atoms with van der Waals surface area (Å²) in [6, 6.07) is 13.4. The average Bonchev–Trinajstić information content (AvgIpc) is 2.91. The van der Waals surface area contributed by atoms with Gasteiger partial charge in [-0.2, -0.15) is 0 Å². The topological polar surface area (TPSA) is 46.6 Å². The third-order valence-electron chi connectivity index (χ3n) is 4.36. The highest BCUT2D eigenvalue weighted by molar-refractivity contribution is 5.99. The summed E-state index contributed by atoms with van der Waals surface area (Å²) in [6.45, 7) is 3.56. The lowest BCUT2D eigenvalue weighted by molar-refractivity contribution is -0.153. The average molecular weight is 341 g/mol. The summed E-state index contributed by atoms with van der Waals surface area (Å²) in [5, 5.41) is 0. The highest BCUT2D eigenvalue weighted by Crippen LogP contribution is 2.32. The van der Waals surface area contributed by atoms with Crippen molar-refractivity contribution in [3.63, 3.8) is 0 Å². The first-order valence-corrected chi connectivity index (χ1v) is 8.30. The van der Waals surface area contributed by atoms with Gasteiger partial charge in [0.1, 0.15) is 5.82 Å². The van der Waals surface area contributed by atoms with Crippen LogP contribution in [-0.2, 0) is 27.2 Å². The van der Waals surface area contributed by atoms with Gasteiger partial charge in [0, 0.05) is 11.7 Å². The van der Waals surface area contributed by atoms with E-state index in [4.69, 9.17) is 4.74 Å². The van der Waals surface area contributed by atoms with Crippen LogP contribution in [-0.4, -0.2) is 24.0 Å². The minimum atomic E-state index is -0.874. The maximum atomic E-state index is 12.9. The standard InChI is InChI=1S/C20H20FNO3/c1-13-11-16-5-3-4-6-18(16)22(13)20(24)14(2)25-19(23)12-15-7-9-17(21)10-8-15/h3-10,13-14H,11-12H2,1-2H3/t13-,14-/m0/s1. The summed E-state index contributed by atoms with van der Waals surface area (Å²) in [4.78, 5) is 26.5. The molecule has 1 aliphatic rings. The molecular formula is C20H20FNO3. The Bertz CT molecular complexity index is 788. The van der Waals surface area contributed by atoms with Crippen molar-refractivity contribution in [3.8, 4) is 0 Å². The molecule has 1 amide bonds. The fourth-order valence-electron chi connectivity index (χ4n) is 3.16. The summed E-state index contributed by atoms with van der Waals surface area (Å²) < 4.78 is 18.2. The minimum absolute atomic E-state index is 0.00401. The molecule has 0 saturated carbocycles. The molecule has 0 aliphatic carbocycles. The van der Waals surface area contributed by atoms with Crippen LogP contribution in [0.4, 0.5) is 10.1 Å². The first-order valence-electron chi connectivity index (χ1n) is 8.30. The Morgan fingerprint density at radius 1 is 1.20 bits per heavy atom. The van der Waals surface area contributed by atoms with Crippen LogP contribution in [0.15, 0.2) is 48.5 Å². The lowest BCUT2D eigenvalue weighted by Crippen LogP contribution is -2.43. The van der Waals surface area contributed by atoms with Crippen molar-refractivity contribution >= 4 is 17.6 Å².